The summed E-state index contributed by atoms with van der Waals surface area (Å²) >= 11 is 0. The smallest absolute Gasteiger partial charge is 0.407 e. The zero-order valence-electron chi connectivity index (χ0n) is 14.4. The Hall–Kier alpha value is -1.71. The molecule has 1 aromatic rings. The summed E-state index contributed by atoms with van der Waals surface area (Å²) in [6.07, 6.45) is -0.420. The van der Waals surface area contributed by atoms with Gasteiger partial charge in [-0.1, -0.05) is 19.9 Å². The third kappa shape index (κ3) is 8.95. The Kier molecular flexibility index (Phi) is 8.51. The highest BCUT2D eigenvalue weighted by molar-refractivity contribution is 5.67. The molecular formula is C17H29NO3. The summed E-state index contributed by atoms with van der Waals surface area (Å²) in [5.74, 6) is 0.814. The maximum atomic E-state index is 11.4. The van der Waals surface area contributed by atoms with E-state index in [1.807, 2.05) is 59.7 Å². The van der Waals surface area contributed by atoms with Crippen LogP contribution in [0.2, 0.25) is 0 Å². The van der Waals surface area contributed by atoms with Gasteiger partial charge in [-0.15, -0.1) is 0 Å². The maximum Gasteiger partial charge on any atom is 0.407 e. The van der Waals surface area contributed by atoms with Crippen LogP contribution in [0.3, 0.4) is 0 Å². The molecule has 1 aromatic carbocycles. The van der Waals surface area contributed by atoms with Gasteiger partial charge in [-0.05, 0) is 57.9 Å². The summed E-state index contributed by atoms with van der Waals surface area (Å²) in [6, 6.07) is 5.94. The van der Waals surface area contributed by atoms with E-state index >= 15 is 0 Å². The minimum absolute atomic E-state index is 0.418. The first-order valence-corrected chi connectivity index (χ1v) is 7.45. The molecule has 0 saturated carbocycles. The zero-order valence-corrected chi connectivity index (χ0v) is 14.4. The largest absolute Gasteiger partial charge is 0.492 e. The quantitative estimate of drug-likeness (QED) is 0.845. The molecule has 0 heterocycles. The molecule has 0 fully saturated rings. The van der Waals surface area contributed by atoms with Gasteiger partial charge in [0.25, 0.3) is 0 Å². The highest BCUT2D eigenvalue weighted by Gasteiger charge is 2.15. The molecule has 0 aliphatic rings. The van der Waals surface area contributed by atoms with Crippen molar-refractivity contribution in [2.24, 2.45) is 0 Å². The number of carbonyl (C=O) groups is 1. The number of ether oxygens (including phenoxy) is 2. The molecule has 0 bridgehead atoms. The van der Waals surface area contributed by atoms with Crippen molar-refractivity contribution < 1.29 is 14.3 Å². The van der Waals surface area contributed by atoms with Crippen molar-refractivity contribution in [3.8, 4) is 5.75 Å². The Morgan fingerprint density at radius 2 is 1.76 bits per heavy atom. The Morgan fingerprint density at radius 3 is 2.29 bits per heavy atom. The highest BCUT2D eigenvalue weighted by Crippen LogP contribution is 2.16. The summed E-state index contributed by atoms with van der Waals surface area (Å²) in [7, 11) is 0. The number of aryl methyl sites for hydroxylation is 2. The van der Waals surface area contributed by atoms with Crippen LogP contribution in [0.25, 0.3) is 0 Å². The van der Waals surface area contributed by atoms with E-state index in [4.69, 9.17) is 9.47 Å². The maximum absolute atomic E-state index is 11.4. The van der Waals surface area contributed by atoms with Crippen LogP contribution in [0.1, 0.15) is 45.7 Å². The predicted octanol–water partition coefficient (Wildman–Crippen LogP) is 4.23. The lowest BCUT2D eigenvalue weighted by molar-refractivity contribution is 0.0520. The second kappa shape index (κ2) is 9.27. The van der Waals surface area contributed by atoms with Crippen LogP contribution in [0.15, 0.2) is 18.2 Å². The number of hydrogen-bond acceptors (Lipinski definition) is 3. The van der Waals surface area contributed by atoms with Crippen LogP contribution in [-0.2, 0) is 4.74 Å². The van der Waals surface area contributed by atoms with Gasteiger partial charge in [0, 0.05) is 0 Å². The van der Waals surface area contributed by atoms with Crippen molar-refractivity contribution in [2.45, 2.75) is 54.1 Å². The van der Waals surface area contributed by atoms with Gasteiger partial charge in [-0.2, -0.15) is 0 Å². The van der Waals surface area contributed by atoms with E-state index in [1.54, 1.807) is 0 Å². The standard InChI is InChI=1S/C15H23NO3.C2H6/c1-11-6-7-13(10-12(11)2)18-9-8-16-14(17)19-15(3,4)5;1-2/h6-7,10H,8-9H2,1-5H3,(H,16,17);1-2H3. The number of nitrogens with one attached hydrogen (secondary N) is 1. The van der Waals surface area contributed by atoms with Crippen LogP contribution in [0.4, 0.5) is 4.79 Å². The predicted molar refractivity (Wildman–Crippen MR) is 87.0 cm³/mol. The second-order valence-electron chi connectivity index (χ2n) is 5.52. The third-order valence-electron chi connectivity index (χ3n) is 2.52. The van der Waals surface area contributed by atoms with E-state index in [1.165, 1.54) is 11.1 Å². The summed E-state index contributed by atoms with van der Waals surface area (Å²) in [6.45, 7) is 14.4. The molecule has 1 amide bonds. The molecule has 0 spiro atoms. The average molecular weight is 295 g/mol. The Labute approximate surface area is 128 Å². The van der Waals surface area contributed by atoms with Crippen LogP contribution in [-0.4, -0.2) is 24.8 Å². The fraction of sp³-hybridized carbons (Fsp3) is 0.588. The lowest BCUT2D eigenvalue weighted by Crippen LogP contribution is -2.34. The number of amides is 1. The van der Waals surface area contributed by atoms with E-state index in [2.05, 4.69) is 12.2 Å². The van der Waals surface area contributed by atoms with Gasteiger partial charge in [-0.25, -0.2) is 4.79 Å². The molecule has 4 heteroatoms. The normalized spacial score (nSPS) is 10.2. The van der Waals surface area contributed by atoms with Crippen molar-refractivity contribution in [3.63, 3.8) is 0 Å². The minimum atomic E-state index is -0.473. The van der Waals surface area contributed by atoms with Gasteiger partial charge in [0.2, 0.25) is 0 Å². The minimum Gasteiger partial charge on any atom is -0.492 e. The first-order valence-electron chi connectivity index (χ1n) is 7.45. The molecule has 0 aliphatic carbocycles. The first kappa shape index (κ1) is 19.3. The van der Waals surface area contributed by atoms with E-state index in [9.17, 15) is 4.79 Å². The topological polar surface area (TPSA) is 47.6 Å². The van der Waals surface area contributed by atoms with Gasteiger partial charge in [0.15, 0.2) is 0 Å². The van der Waals surface area contributed by atoms with Gasteiger partial charge < -0.3 is 14.8 Å². The van der Waals surface area contributed by atoms with Gasteiger partial charge >= 0.3 is 6.09 Å². The molecule has 0 aromatic heterocycles. The molecule has 0 unspecified atom stereocenters. The summed E-state index contributed by atoms with van der Waals surface area (Å²) in [5.41, 5.74) is 1.95. The van der Waals surface area contributed by atoms with Crippen molar-refractivity contribution in [3.05, 3.63) is 29.3 Å². The van der Waals surface area contributed by atoms with E-state index < -0.39 is 11.7 Å². The van der Waals surface area contributed by atoms with E-state index in [0.29, 0.717) is 13.2 Å². The first-order chi connectivity index (χ1) is 9.78. The number of alkyl carbamates (subject to hydrolysis) is 1. The zero-order chi connectivity index (χ0) is 16.5. The summed E-state index contributed by atoms with van der Waals surface area (Å²) < 4.78 is 10.7. The molecular weight excluding hydrogens is 266 g/mol. The van der Waals surface area contributed by atoms with Gasteiger partial charge in [0.05, 0.1) is 6.54 Å². The van der Waals surface area contributed by atoms with Crippen LogP contribution < -0.4 is 10.1 Å². The second-order valence-corrected chi connectivity index (χ2v) is 5.52. The van der Waals surface area contributed by atoms with Crippen LogP contribution in [0.5, 0.6) is 5.75 Å². The van der Waals surface area contributed by atoms with Gasteiger partial charge in [-0.3, -0.25) is 0 Å². The fourth-order valence-corrected chi connectivity index (χ4v) is 1.44. The molecule has 0 radical (unpaired) electrons. The Balaban J connectivity index is 0.00000191. The molecule has 0 aliphatic heterocycles. The monoisotopic (exact) mass is 295 g/mol. The van der Waals surface area contributed by atoms with Crippen molar-refractivity contribution in [1.29, 1.82) is 0 Å². The van der Waals surface area contributed by atoms with Crippen LogP contribution >= 0.6 is 0 Å². The third-order valence-corrected chi connectivity index (χ3v) is 2.52. The number of hydrogen-bond donors (Lipinski definition) is 1. The summed E-state index contributed by atoms with van der Waals surface area (Å²) in [5, 5.41) is 2.65. The number of rotatable bonds is 4. The van der Waals surface area contributed by atoms with E-state index in [0.717, 1.165) is 5.75 Å². The molecule has 0 saturated heterocycles. The Bertz CT molecular complexity index is 436. The summed E-state index contributed by atoms with van der Waals surface area (Å²) in [4.78, 5) is 11.4. The number of carbonyl (C=O) groups excluding carboxylic acids is 1. The van der Waals surface area contributed by atoms with Crippen molar-refractivity contribution >= 4 is 6.09 Å². The molecule has 120 valence electrons. The Morgan fingerprint density at radius 1 is 1.14 bits per heavy atom. The van der Waals surface area contributed by atoms with Crippen molar-refractivity contribution in [2.75, 3.05) is 13.2 Å². The fourth-order valence-electron chi connectivity index (χ4n) is 1.44. The lowest BCUT2D eigenvalue weighted by Gasteiger charge is -2.19. The van der Waals surface area contributed by atoms with Gasteiger partial charge in [0.1, 0.15) is 18.0 Å². The lowest BCUT2D eigenvalue weighted by atomic mass is 10.1. The molecule has 1 rings (SSSR count). The molecule has 21 heavy (non-hydrogen) atoms. The highest BCUT2D eigenvalue weighted by atomic mass is 16.6. The molecule has 0 atom stereocenters. The molecule has 4 nitrogen and oxygen atoms in total. The van der Waals surface area contributed by atoms with E-state index in [-0.39, 0.29) is 0 Å². The molecule has 1 N–H and O–H groups in total. The van der Waals surface area contributed by atoms with Crippen molar-refractivity contribution in [1.82, 2.24) is 5.32 Å². The SMILES string of the molecule is CC.Cc1ccc(OCCNC(=O)OC(C)(C)C)cc1C. The number of benzene rings is 1. The average Bonchev–Trinajstić information content (AvgIpc) is 2.39. The van der Waals surface area contributed by atoms with Crippen LogP contribution in [0, 0.1) is 13.8 Å².